The third-order valence-corrected chi connectivity index (χ3v) is 7.38. The van der Waals surface area contributed by atoms with Gasteiger partial charge in [0.05, 0.1) is 62.5 Å². The van der Waals surface area contributed by atoms with Crippen LogP contribution in [0.5, 0.6) is 34.5 Å². The minimum Gasteiger partial charge on any atom is -0.496 e. The Morgan fingerprint density at radius 3 is 0.930 bits per heavy atom. The van der Waals surface area contributed by atoms with Crippen LogP contribution in [0.2, 0.25) is 0 Å². The van der Waals surface area contributed by atoms with Crippen LogP contribution in [-0.2, 0) is 43.5 Å². The average Bonchev–Trinajstić information content (AvgIpc) is 3.24. The van der Waals surface area contributed by atoms with Gasteiger partial charge in [0.1, 0.15) is 51.2 Å². The first-order chi connectivity index (χ1) is 27.5. The summed E-state index contributed by atoms with van der Waals surface area (Å²) in [4.78, 5) is 102. The molecule has 3 aromatic carbocycles. The highest BCUT2D eigenvalue weighted by molar-refractivity contribution is 5.97. The molecule has 3 aromatic rings. The van der Waals surface area contributed by atoms with Gasteiger partial charge in [0.2, 0.25) is 0 Å². The van der Waals surface area contributed by atoms with Gasteiger partial charge in [-0.1, -0.05) is 18.2 Å². The second-order valence-corrected chi connectivity index (χ2v) is 10.7. The van der Waals surface area contributed by atoms with Crippen LogP contribution < -0.4 is 28.4 Å². The normalized spacial score (nSPS) is 10.2. The Bertz CT molecular complexity index is 1700. The molecule has 0 aliphatic carbocycles. The van der Waals surface area contributed by atoms with E-state index in [-0.39, 0.29) is 64.0 Å². The molecule has 0 aliphatic rings. The second kappa shape index (κ2) is 22.8. The van der Waals surface area contributed by atoms with E-state index in [1.807, 2.05) is 0 Å². The smallest absolute Gasteiger partial charge is 0.496 e. The number of carbonyl (C=O) groups is 6. The fraction of sp³-hybridized carbons (Fsp3) is 0.333. The van der Waals surface area contributed by atoms with Gasteiger partial charge >= 0.3 is 36.4 Å². The van der Waals surface area contributed by atoms with Gasteiger partial charge in [-0.05, 0) is 55.2 Å². The van der Waals surface area contributed by atoms with Crippen LogP contribution in [0.15, 0.2) is 54.6 Å². The van der Waals surface area contributed by atoms with Gasteiger partial charge in [0.25, 0.3) is 0 Å². The number of ether oxygens (including phenoxy) is 9. The van der Waals surface area contributed by atoms with Crippen molar-refractivity contribution in [3.05, 3.63) is 71.3 Å². The Balaban J connectivity index is 1.56. The number of carbonyl (C=O) groups excluding carboxylic acids is 6. The zero-order valence-electron chi connectivity index (χ0n) is 31.4. The first-order valence-corrected chi connectivity index (χ1v) is 16.3. The lowest BCUT2D eigenvalue weighted by Gasteiger charge is -2.16. The Labute approximate surface area is 324 Å². The lowest BCUT2D eigenvalue weighted by Crippen LogP contribution is -2.22. The molecule has 3 rings (SSSR count). The van der Waals surface area contributed by atoms with Crippen molar-refractivity contribution in [2.45, 2.75) is 12.8 Å². The van der Waals surface area contributed by atoms with Gasteiger partial charge in [-0.15, -0.1) is 0 Å². The van der Waals surface area contributed by atoms with E-state index in [0.717, 1.165) is 0 Å². The van der Waals surface area contributed by atoms with E-state index in [2.05, 4.69) is 29.3 Å². The van der Waals surface area contributed by atoms with Crippen LogP contribution in [0.25, 0.3) is 0 Å². The third-order valence-electron chi connectivity index (χ3n) is 7.38. The summed E-state index contributed by atoms with van der Waals surface area (Å²) in [6, 6.07) is 13.4. The standard InChI is InChI=1S/C36H38O21/c1-43-22-10-7-11-23(44-2)28(22)31(37)52-55-34(40)49-18-16-21(20-51-36(42)57-54-33(39)30-26(47-5)14-9-15-27(30)48-6)17-19-50-35(41)56-53-32(38)29-24(45-3)12-8-13-25(29)46-4/h7-15,21H,16-20H2,1-6H3. The Kier molecular flexibility index (Phi) is 17.6. The molecule has 0 radical (unpaired) electrons. The van der Waals surface area contributed by atoms with E-state index < -0.39 is 62.1 Å². The van der Waals surface area contributed by atoms with Gasteiger partial charge in [-0.25, -0.2) is 43.7 Å². The van der Waals surface area contributed by atoms with E-state index in [0.29, 0.717) is 0 Å². The quantitative estimate of drug-likeness (QED) is 0.0735. The molecule has 0 fully saturated rings. The Morgan fingerprint density at radius 2 is 0.667 bits per heavy atom. The van der Waals surface area contributed by atoms with Gasteiger partial charge in [0.15, 0.2) is 0 Å². The van der Waals surface area contributed by atoms with E-state index >= 15 is 0 Å². The number of hydrogen-bond acceptors (Lipinski definition) is 21. The maximum absolute atomic E-state index is 12.6. The molecule has 21 heteroatoms. The van der Waals surface area contributed by atoms with Crippen molar-refractivity contribution in [1.82, 2.24) is 0 Å². The third kappa shape index (κ3) is 12.9. The molecule has 0 aliphatic heterocycles. The molecule has 0 aromatic heterocycles. The highest BCUT2D eigenvalue weighted by Gasteiger charge is 2.26. The molecule has 0 bridgehead atoms. The maximum Gasteiger partial charge on any atom is 0.549 e. The molecule has 0 spiro atoms. The second-order valence-electron chi connectivity index (χ2n) is 10.7. The van der Waals surface area contributed by atoms with Crippen molar-refractivity contribution >= 4 is 36.4 Å². The van der Waals surface area contributed by atoms with Crippen LogP contribution in [-0.4, -0.2) is 98.9 Å². The average molecular weight is 807 g/mol. The summed E-state index contributed by atoms with van der Waals surface area (Å²) >= 11 is 0. The molecule has 0 saturated heterocycles. The summed E-state index contributed by atoms with van der Waals surface area (Å²) in [5, 5.41) is 0. The molecule has 308 valence electrons. The Hall–Kier alpha value is -7.32. The molecule has 0 saturated carbocycles. The van der Waals surface area contributed by atoms with Crippen molar-refractivity contribution in [2.75, 3.05) is 62.5 Å². The number of methoxy groups -OCH3 is 6. The van der Waals surface area contributed by atoms with Crippen molar-refractivity contribution < 1.29 is 101 Å². The van der Waals surface area contributed by atoms with E-state index in [4.69, 9.17) is 42.6 Å². The predicted molar refractivity (Wildman–Crippen MR) is 185 cm³/mol. The zero-order valence-corrected chi connectivity index (χ0v) is 31.4. The molecular weight excluding hydrogens is 768 g/mol. The number of benzene rings is 3. The molecule has 21 nitrogen and oxygen atoms in total. The van der Waals surface area contributed by atoms with E-state index in [1.165, 1.54) is 79.1 Å². The minimum absolute atomic E-state index is 0.0667. The highest BCUT2D eigenvalue weighted by Crippen LogP contribution is 2.31. The van der Waals surface area contributed by atoms with Crippen LogP contribution in [0.1, 0.15) is 43.9 Å². The molecule has 57 heavy (non-hydrogen) atoms. The number of hydrogen-bond donors (Lipinski definition) is 0. The summed E-state index contributed by atoms with van der Waals surface area (Å²) in [6.07, 6.45) is -4.49. The summed E-state index contributed by atoms with van der Waals surface area (Å²) in [6.45, 7) is -1.30. The molecule has 0 N–H and O–H groups in total. The zero-order chi connectivity index (χ0) is 41.7. The fourth-order valence-corrected chi connectivity index (χ4v) is 4.68. The van der Waals surface area contributed by atoms with Gasteiger partial charge in [-0.2, -0.15) is 14.4 Å². The summed E-state index contributed by atoms with van der Waals surface area (Å²) in [5.74, 6) is -3.73. The first-order valence-electron chi connectivity index (χ1n) is 16.3. The maximum atomic E-state index is 12.6. The molecule has 0 heterocycles. The van der Waals surface area contributed by atoms with Crippen LogP contribution in [0.4, 0.5) is 14.4 Å². The SMILES string of the molecule is COc1cccc(OC)c1C(=O)OOC(=O)OCCC(CCOC(=O)OOC(=O)c1c(OC)cccc1OC)COC(=O)OOC(=O)c1c(OC)cccc1OC. The number of rotatable bonds is 17. The Morgan fingerprint density at radius 1 is 0.404 bits per heavy atom. The molecule has 0 unspecified atom stereocenters. The minimum atomic E-state index is -1.46. The summed E-state index contributed by atoms with van der Waals surface area (Å²) < 4.78 is 45.6. The van der Waals surface area contributed by atoms with Crippen molar-refractivity contribution in [3.63, 3.8) is 0 Å². The first kappa shape index (κ1) is 44.1. The van der Waals surface area contributed by atoms with Crippen LogP contribution in [0, 0.1) is 5.92 Å². The topological polar surface area (TPSA) is 241 Å². The van der Waals surface area contributed by atoms with Crippen LogP contribution >= 0.6 is 0 Å². The summed E-state index contributed by atoms with van der Waals surface area (Å²) in [7, 11) is 7.80. The highest BCUT2D eigenvalue weighted by atomic mass is 17.2. The largest absolute Gasteiger partial charge is 0.549 e. The molecular formula is C36H38O21. The van der Waals surface area contributed by atoms with Gasteiger partial charge in [0, 0.05) is 0 Å². The molecule has 0 amide bonds. The predicted octanol–water partition coefficient (Wildman–Crippen LogP) is 5.21. The van der Waals surface area contributed by atoms with Gasteiger partial charge in [-0.3, -0.25) is 0 Å². The lowest BCUT2D eigenvalue weighted by atomic mass is 10.0. The van der Waals surface area contributed by atoms with Crippen molar-refractivity contribution in [3.8, 4) is 34.5 Å². The fourth-order valence-electron chi connectivity index (χ4n) is 4.68. The van der Waals surface area contributed by atoms with Crippen molar-refractivity contribution in [1.29, 1.82) is 0 Å². The van der Waals surface area contributed by atoms with Crippen LogP contribution in [0.3, 0.4) is 0 Å². The van der Waals surface area contributed by atoms with Gasteiger partial charge < -0.3 is 42.6 Å². The monoisotopic (exact) mass is 806 g/mol. The molecule has 0 atom stereocenters. The van der Waals surface area contributed by atoms with E-state index in [9.17, 15) is 28.8 Å². The summed E-state index contributed by atoms with van der Waals surface area (Å²) in [5.41, 5.74) is -0.512. The van der Waals surface area contributed by atoms with Crippen molar-refractivity contribution in [2.24, 2.45) is 5.92 Å². The van der Waals surface area contributed by atoms with E-state index in [1.54, 1.807) is 18.2 Å². The lowest BCUT2D eigenvalue weighted by molar-refractivity contribution is -0.206.